The molecular formula is C23H19Cl2N3O3. The zero-order valence-corrected chi connectivity index (χ0v) is 18.0. The van der Waals surface area contributed by atoms with Gasteiger partial charge in [0.25, 0.3) is 5.91 Å². The molecule has 1 saturated carbocycles. The van der Waals surface area contributed by atoms with Crippen LogP contribution in [0, 0.1) is 0 Å². The summed E-state index contributed by atoms with van der Waals surface area (Å²) in [6.07, 6.45) is 5.42. The molecule has 0 bridgehead atoms. The molecule has 8 heteroatoms. The Morgan fingerprint density at radius 1 is 0.968 bits per heavy atom. The monoisotopic (exact) mass is 455 g/mol. The Morgan fingerprint density at radius 2 is 1.74 bits per heavy atom. The highest BCUT2D eigenvalue weighted by molar-refractivity contribution is 6.34. The molecule has 3 aromatic rings. The summed E-state index contributed by atoms with van der Waals surface area (Å²) >= 11 is 12.1. The molecule has 1 aromatic heterocycles. The molecule has 0 radical (unpaired) electrons. The van der Waals surface area contributed by atoms with Gasteiger partial charge >= 0.3 is 0 Å². The van der Waals surface area contributed by atoms with Gasteiger partial charge in [-0.25, -0.2) is 0 Å². The van der Waals surface area contributed by atoms with E-state index in [9.17, 15) is 4.79 Å². The first-order valence-electron chi connectivity index (χ1n) is 10.0. The van der Waals surface area contributed by atoms with Crippen molar-refractivity contribution in [2.24, 2.45) is 0 Å². The van der Waals surface area contributed by atoms with E-state index in [0.717, 1.165) is 17.9 Å². The fourth-order valence-electron chi connectivity index (χ4n) is 3.75. The highest BCUT2D eigenvalue weighted by Gasteiger charge is 2.36. The number of para-hydroxylation sites is 2. The Bertz CT molecular complexity index is 1140. The molecule has 0 unspecified atom stereocenters. The van der Waals surface area contributed by atoms with Crippen molar-refractivity contribution < 1.29 is 14.6 Å². The van der Waals surface area contributed by atoms with E-state index in [1.165, 1.54) is 25.2 Å². The van der Waals surface area contributed by atoms with E-state index in [-0.39, 0.29) is 17.4 Å². The van der Waals surface area contributed by atoms with Crippen LogP contribution in [-0.2, 0) is 0 Å². The quantitative estimate of drug-likeness (QED) is 0.381. The second kappa shape index (κ2) is 8.29. The van der Waals surface area contributed by atoms with Gasteiger partial charge in [-0.2, -0.15) is 0 Å². The third kappa shape index (κ3) is 4.01. The molecule has 6 nitrogen and oxygen atoms in total. The predicted molar refractivity (Wildman–Crippen MR) is 120 cm³/mol. The molecule has 1 fully saturated rings. The molecule has 0 spiro atoms. The van der Waals surface area contributed by atoms with Crippen LogP contribution >= 0.6 is 23.2 Å². The number of aromatic nitrogens is 1. The fraction of sp³-hybridized carbons (Fsp3) is 0.217. The van der Waals surface area contributed by atoms with Crippen LogP contribution in [-0.4, -0.2) is 30.0 Å². The average molecular weight is 456 g/mol. The Hall–Kier alpha value is -2.96. The standard InChI is InChI=1S/C23H19Cl2N3O3/c24-15-5-8-18(25)22(13-15)31-30-21-9-10-26-14-17(21)23(29)28-12-11-27(16-6-7-16)19-3-1-2-4-20(19)28/h1-5,8-10,13-14,16H,6-7,11-12H2. The SMILES string of the molecule is O=C(c1cnccc1OOc1cc(Cl)ccc1Cl)N1CCN(C2CC2)c2ccccc21. The van der Waals surface area contributed by atoms with E-state index in [2.05, 4.69) is 16.0 Å². The maximum atomic E-state index is 13.5. The number of rotatable bonds is 5. The fourth-order valence-corrected chi connectivity index (χ4v) is 4.06. The number of benzene rings is 2. The minimum Gasteiger partial charge on any atom is -0.365 e. The molecular weight excluding hydrogens is 437 g/mol. The molecule has 1 aliphatic heterocycles. The summed E-state index contributed by atoms with van der Waals surface area (Å²) in [6, 6.07) is 14.9. The minimum atomic E-state index is -0.202. The predicted octanol–water partition coefficient (Wildman–Crippen LogP) is 5.39. The van der Waals surface area contributed by atoms with Crippen LogP contribution in [0.3, 0.4) is 0 Å². The summed E-state index contributed by atoms with van der Waals surface area (Å²) in [5.41, 5.74) is 2.27. The molecule has 1 amide bonds. The summed E-state index contributed by atoms with van der Waals surface area (Å²) in [5, 5.41) is 0.802. The van der Waals surface area contributed by atoms with Gasteiger partial charge < -0.3 is 9.80 Å². The van der Waals surface area contributed by atoms with E-state index >= 15 is 0 Å². The van der Waals surface area contributed by atoms with Crippen LogP contribution in [0.4, 0.5) is 11.4 Å². The summed E-state index contributed by atoms with van der Waals surface area (Å²) < 4.78 is 0. The zero-order chi connectivity index (χ0) is 21.4. The number of hydrogen-bond donors (Lipinski definition) is 0. The van der Waals surface area contributed by atoms with Crippen LogP contribution in [0.5, 0.6) is 11.5 Å². The number of pyridine rings is 1. The third-order valence-corrected chi connectivity index (χ3v) is 5.95. The van der Waals surface area contributed by atoms with Gasteiger partial charge in [-0.1, -0.05) is 35.3 Å². The van der Waals surface area contributed by atoms with Crippen molar-refractivity contribution in [1.82, 2.24) is 4.98 Å². The van der Waals surface area contributed by atoms with Gasteiger partial charge in [-0.05, 0) is 37.1 Å². The molecule has 31 heavy (non-hydrogen) atoms. The smallest absolute Gasteiger partial charge is 0.263 e. The molecule has 0 N–H and O–H groups in total. The first kappa shape index (κ1) is 20.0. The Morgan fingerprint density at radius 3 is 2.55 bits per heavy atom. The third-order valence-electron chi connectivity index (χ3n) is 5.41. The lowest BCUT2D eigenvalue weighted by Crippen LogP contribution is -2.45. The first-order chi connectivity index (χ1) is 15.1. The normalized spacial score (nSPS) is 15.4. The van der Waals surface area contributed by atoms with E-state index in [1.54, 1.807) is 29.2 Å². The minimum absolute atomic E-state index is 0.202. The van der Waals surface area contributed by atoms with Crippen LogP contribution in [0.1, 0.15) is 23.2 Å². The van der Waals surface area contributed by atoms with Crippen molar-refractivity contribution in [3.63, 3.8) is 0 Å². The van der Waals surface area contributed by atoms with Gasteiger partial charge in [0.15, 0.2) is 11.5 Å². The maximum Gasteiger partial charge on any atom is 0.263 e. The molecule has 158 valence electrons. The molecule has 2 aromatic carbocycles. The van der Waals surface area contributed by atoms with Gasteiger partial charge in [-0.15, -0.1) is 0 Å². The Kier molecular flexibility index (Phi) is 5.34. The lowest BCUT2D eigenvalue weighted by Gasteiger charge is -2.38. The van der Waals surface area contributed by atoms with Crippen molar-refractivity contribution in [2.45, 2.75) is 18.9 Å². The second-order valence-electron chi connectivity index (χ2n) is 7.48. The van der Waals surface area contributed by atoms with Gasteiger partial charge in [0.1, 0.15) is 5.56 Å². The molecule has 2 aliphatic rings. The van der Waals surface area contributed by atoms with Gasteiger partial charge in [0.2, 0.25) is 0 Å². The van der Waals surface area contributed by atoms with E-state index in [4.69, 9.17) is 33.0 Å². The topological polar surface area (TPSA) is 54.9 Å². The molecule has 0 atom stereocenters. The number of carbonyl (C=O) groups excluding carboxylic acids is 1. The van der Waals surface area contributed by atoms with Crippen molar-refractivity contribution in [3.05, 3.63) is 76.5 Å². The van der Waals surface area contributed by atoms with Gasteiger partial charge in [0.05, 0.1) is 16.4 Å². The first-order valence-corrected chi connectivity index (χ1v) is 10.8. The van der Waals surface area contributed by atoms with Crippen molar-refractivity contribution in [3.8, 4) is 11.5 Å². The lowest BCUT2D eigenvalue weighted by atomic mass is 10.1. The van der Waals surface area contributed by atoms with Gasteiger partial charge in [0, 0.05) is 48.7 Å². The highest BCUT2D eigenvalue weighted by atomic mass is 35.5. The Labute approximate surface area is 189 Å². The van der Waals surface area contributed by atoms with Crippen LogP contribution < -0.4 is 19.6 Å². The number of fused-ring (bicyclic) bond motifs is 1. The van der Waals surface area contributed by atoms with Crippen molar-refractivity contribution in [1.29, 1.82) is 0 Å². The van der Waals surface area contributed by atoms with Gasteiger partial charge in [-0.3, -0.25) is 19.6 Å². The number of carbonyl (C=O) groups is 1. The van der Waals surface area contributed by atoms with E-state index in [1.807, 2.05) is 18.2 Å². The molecule has 2 heterocycles. The largest absolute Gasteiger partial charge is 0.365 e. The zero-order valence-electron chi connectivity index (χ0n) is 16.5. The highest BCUT2D eigenvalue weighted by Crippen LogP contribution is 2.40. The summed E-state index contributed by atoms with van der Waals surface area (Å²) in [4.78, 5) is 32.6. The summed E-state index contributed by atoms with van der Waals surface area (Å²) in [6.45, 7) is 1.38. The number of nitrogens with zero attached hydrogens (tertiary/aromatic N) is 3. The number of amides is 1. The lowest BCUT2D eigenvalue weighted by molar-refractivity contribution is -0.100. The van der Waals surface area contributed by atoms with Crippen LogP contribution in [0.15, 0.2) is 60.9 Å². The molecule has 5 rings (SSSR count). The van der Waals surface area contributed by atoms with Crippen molar-refractivity contribution >= 4 is 40.5 Å². The Balaban J connectivity index is 1.41. The number of hydrogen-bond acceptors (Lipinski definition) is 5. The molecule has 1 aliphatic carbocycles. The molecule has 0 saturated heterocycles. The van der Waals surface area contributed by atoms with E-state index < -0.39 is 0 Å². The summed E-state index contributed by atoms with van der Waals surface area (Å²) in [5.74, 6) is 0.303. The number of halogens is 2. The summed E-state index contributed by atoms with van der Waals surface area (Å²) in [7, 11) is 0. The van der Waals surface area contributed by atoms with Crippen molar-refractivity contribution in [2.75, 3.05) is 22.9 Å². The van der Waals surface area contributed by atoms with Crippen LogP contribution in [0.2, 0.25) is 10.0 Å². The maximum absolute atomic E-state index is 13.5. The average Bonchev–Trinajstić information content (AvgIpc) is 3.64. The van der Waals surface area contributed by atoms with Crippen LogP contribution in [0.25, 0.3) is 0 Å². The van der Waals surface area contributed by atoms with E-state index in [0.29, 0.717) is 28.2 Å². The number of anilines is 2. The second-order valence-corrected chi connectivity index (χ2v) is 8.33.